The lowest BCUT2D eigenvalue weighted by molar-refractivity contribution is 0.329. The number of H-pyrrole nitrogens is 3. The normalized spacial score (nSPS) is 21.3. The van der Waals surface area contributed by atoms with Crippen molar-refractivity contribution in [3.63, 3.8) is 0 Å². The highest BCUT2D eigenvalue weighted by Crippen LogP contribution is 2.46. The Hall–Kier alpha value is -3.93. The molecule has 1 saturated carbocycles. The summed E-state index contributed by atoms with van der Waals surface area (Å²) < 4.78 is 0. The summed E-state index contributed by atoms with van der Waals surface area (Å²) >= 11 is 0. The zero-order valence-electron chi connectivity index (χ0n) is 18.1. The van der Waals surface area contributed by atoms with Crippen molar-refractivity contribution in [3.05, 3.63) is 90.3 Å². The van der Waals surface area contributed by atoms with Gasteiger partial charge in [0, 0.05) is 17.8 Å². The largest absolute Gasteiger partial charge is 0.342 e. The third kappa shape index (κ3) is 3.21. The van der Waals surface area contributed by atoms with Crippen LogP contribution < -0.4 is 0 Å². The van der Waals surface area contributed by atoms with Crippen LogP contribution in [0.25, 0.3) is 33.1 Å². The zero-order valence-corrected chi connectivity index (χ0v) is 18.1. The van der Waals surface area contributed by atoms with Gasteiger partial charge in [0.15, 0.2) is 0 Å². The molecule has 162 valence electrons. The summed E-state index contributed by atoms with van der Waals surface area (Å²) in [5, 5.41) is 0. The molecule has 0 bridgehead atoms. The van der Waals surface area contributed by atoms with E-state index >= 15 is 0 Å². The number of aromatic amines is 3. The van der Waals surface area contributed by atoms with Gasteiger partial charge in [-0.05, 0) is 55.7 Å². The number of hydrogen-bond acceptors (Lipinski definition) is 3. The molecule has 3 heterocycles. The van der Waals surface area contributed by atoms with E-state index < -0.39 is 0 Å². The predicted octanol–water partition coefficient (Wildman–Crippen LogP) is 6.15. The molecule has 3 aromatic heterocycles. The highest BCUT2D eigenvalue weighted by Gasteiger charge is 2.35. The lowest BCUT2D eigenvalue weighted by atomic mass is 9.74. The highest BCUT2D eigenvalue weighted by atomic mass is 15.0. The average molecular weight is 433 g/mol. The standard InChI is InChI=1S/C27H24N6/c1-2-8-20-19(7-1)28-25(29-20)16-13-17(26-30-21-9-3-4-10-22(21)31-26)15-18(14-16)27-32-23-11-5-6-12-24(23)33-27/h1-12,16-18H,13-15H2,(H,28,29)(H,30,31)(H,32,33). The highest BCUT2D eigenvalue weighted by molar-refractivity contribution is 5.76. The van der Waals surface area contributed by atoms with Crippen molar-refractivity contribution in [1.29, 1.82) is 0 Å². The van der Waals surface area contributed by atoms with Gasteiger partial charge in [-0.15, -0.1) is 0 Å². The fraction of sp³-hybridized carbons (Fsp3) is 0.222. The Morgan fingerprint density at radius 2 is 0.758 bits per heavy atom. The lowest BCUT2D eigenvalue weighted by Gasteiger charge is -2.32. The van der Waals surface area contributed by atoms with Crippen molar-refractivity contribution in [2.24, 2.45) is 0 Å². The molecule has 0 saturated heterocycles. The van der Waals surface area contributed by atoms with Gasteiger partial charge in [0.05, 0.1) is 33.1 Å². The zero-order chi connectivity index (χ0) is 21.8. The fourth-order valence-electron chi connectivity index (χ4n) is 5.49. The van der Waals surface area contributed by atoms with Gasteiger partial charge < -0.3 is 15.0 Å². The van der Waals surface area contributed by atoms with E-state index in [1.54, 1.807) is 0 Å². The maximum Gasteiger partial charge on any atom is 0.110 e. The van der Waals surface area contributed by atoms with E-state index in [2.05, 4.69) is 69.5 Å². The van der Waals surface area contributed by atoms with E-state index in [0.717, 1.165) is 69.8 Å². The Balaban J connectivity index is 1.30. The molecule has 6 heteroatoms. The number of fused-ring (bicyclic) bond motifs is 3. The molecule has 0 unspecified atom stereocenters. The van der Waals surface area contributed by atoms with Crippen LogP contribution >= 0.6 is 0 Å². The molecule has 1 fully saturated rings. The molecule has 3 aromatic carbocycles. The monoisotopic (exact) mass is 432 g/mol. The van der Waals surface area contributed by atoms with Crippen LogP contribution in [0.3, 0.4) is 0 Å². The third-order valence-electron chi connectivity index (χ3n) is 7.09. The van der Waals surface area contributed by atoms with Crippen LogP contribution in [0.4, 0.5) is 0 Å². The SMILES string of the molecule is c1ccc2[nH]c(C3CC(c4nc5ccccc5[nH]4)CC(c4nc5ccccc5[nH]4)C3)nc2c1. The number of rotatable bonds is 3. The molecular formula is C27H24N6. The number of aromatic nitrogens is 6. The number of hydrogen-bond donors (Lipinski definition) is 3. The van der Waals surface area contributed by atoms with Crippen LogP contribution in [0.15, 0.2) is 72.8 Å². The molecule has 1 aliphatic rings. The van der Waals surface area contributed by atoms with E-state index in [4.69, 9.17) is 15.0 Å². The molecule has 3 N–H and O–H groups in total. The minimum absolute atomic E-state index is 0.308. The summed E-state index contributed by atoms with van der Waals surface area (Å²) in [6.45, 7) is 0. The topological polar surface area (TPSA) is 86.0 Å². The van der Waals surface area contributed by atoms with Crippen LogP contribution in [-0.2, 0) is 0 Å². The maximum atomic E-state index is 4.96. The van der Waals surface area contributed by atoms with Gasteiger partial charge in [0.2, 0.25) is 0 Å². The Morgan fingerprint density at radius 3 is 1.06 bits per heavy atom. The summed E-state index contributed by atoms with van der Waals surface area (Å²) in [7, 11) is 0. The first kappa shape index (κ1) is 18.6. The number of para-hydroxylation sites is 6. The average Bonchev–Trinajstić information content (AvgIpc) is 3.59. The quantitative estimate of drug-likeness (QED) is 0.313. The molecule has 7 rings (SSSR count). The van der Waals surface area contributed by atoms with Crippen molar-refractivity contribution >= 4 is 33.1 Å². The number of nitrogens with zero attached hydrogens (tertiary/aromatic N) is 3. The summed E-state index contributed by atoms with van der Waals surface area (Å²) in [4.78, 5) is 25.7. The maximum absolute atomic E-state index is 4.96. The van der Waals surface area contributed by atoms with E-state index in [-0.39, 0.29) is 0 Å². The van der Waals surface area contributed by atoms with Crippen LogP contribution in [0.5, 0.6) is 0 Å². The van der Waals surface area contributed by atoms with Gasteiger partial charge in [-0.3, -0.25) is 0 Å². The first-order chi connectivity index (χ1) is 16.3. The second kappa shape index (κ2) is 7.30. The van der Waals surface area contributed by atoms with Crippen molar-refractivity contribution in [2.45, 2.75) is 37.0 Å². The van der Waals surface area contributed by atoms with Crippen LogP contribution in [0.1, 0.15) is 54.5 Å². The molecule has 0 aliphatic heterocycles. The predicted molar refractivity (Wildman–Crippen MR) is 130 cm³/mol. The van der Waals surface area contributed by atoms with Gasteiger partial charge in [-0.2, -0.15) is 0 Å². The van der Waals surface area contributed by atoms with Crippen molar-refractivity contribution in [2.75, 3.05) is 0 Å². The smallest absolute Gasteiger partial charge is 0.110 e. The van der Waals surface area contributed by atoms with Gasteiger partial charge in [0.1, 0.15) is 17.5 Å². The molecule has 6 aromatic rings. The van der Waals surface area contributed by atoms with Gasteiger partial charge in [-0.1, -0.05) is 36.4 Å². The Bertz CT molecular complexity index is 1290. The van der Waals surface area contributed by atoms with Crippen molar-refractivity contribution in [1.82, 2.24) is 29.9 Å². The molecule has 0 spiro atoms. The fourth-order valence-corrected chi connectivity index (χ4v) is 5.49. The number of nitrogens with one attached hydrogen (secondary N) is 3. The summed E-state index contributed by atoms with van der Waals surface area (Å²) in [5.41, 5.74) is 6.37. The summed E-state index contributed by atoms with van der Waals surface area (Å²) in [6, 6.07) is 24.8. The molecular weight excluding hydrogens is 408 g/mol. The third-order valence-corrected chi connectivity index (χ3v) is 7.09. The Kier molecular flexibility index (Phi) is 4.12. The first-order valence-corrected chi connectivity index (χ1v) is 11.6. The van der Waals surface area contributed by atoms with Crippen LogP contribution in [-0.4, -0.2) is 29.9 Å². The molecule has 1 aliphatic carbocycles. The molecule has 6 nitrogen and oxygen atoms in total. The minimum Gasteiger partial charge on any atom is -0.342 e. The molecule has 0 radical (unpaired) electrons. The molecule has 0 amide bonds. The van der Waals surface area contributed by atoms with E-state index in [9.17, 15) is 0 Å². The molecule has 0 atom stereocenters. The summed E-state index contributed by atoms with van der Waals surface area (Å²) in [6.07, 6.45) is 3.03. The molecule has 33 heavy (non-hydrogen) atoms. The minimum atomic E-state index is 0.308. The number of benzene rings is 3. The van der Waals surface area contributed by atoms with E-state index in [0.29, 0.717) is 17.8 Å². The Labute approximate surface area is 190 Å². The summed E-state index contributed by atoms with van der Waals surface area (Å²) in [5.74, 6) is 4.13. The Morgan fingerprint density at radius 1 is 0.455 bits per heavy atom. The lowest BCUT2D eigenvalue weighted by Crippen LogP contribution is -2.22. The van der Waals surface area contributed by atoms with E-state index in [1.165, 1.54) is 0 Å². The van der Waals surface area contributed by atoms with Crippen LogP contribution in [0, 0.1) is 0 Å². The number of imidazole rings is 3. The second-order valence-corrected chi connectivity index (χ2v) is 9.22. The van der Waals surface area contributed by atoms with Crippen LogP contribution in [0.2, 0.25) is 0 Å². The van der Waals surface area contributed by atoms with Gasteiger partial charge in [-0.25, -0.2) is 15.0 Å². The van der Waals surface area contributed by atoms with Gasteiger partial charge in [0.25, 0.3) is 0 Å². The van der Waals surface area contributed by atoms with Crippen molar-refractivity contribution in [3.8, 4) is 0 Å². The van der Waals surface area contributed by atoms with E-state index in [1.807, 2.05) is 18.2 Å². The van der Waals surface area contributed by atoms with Gasteiger partial charge >= 0.3 is 0 Å². The first-order valence-electron chi connectivity index (χ1n) is 11.6. The van der Waals surface area contributed by atoms with Crippen molar-refractivity contribution < 1.29 is 0 Å². The second-order valence-electron chi connectivity index (χ2n) is 9.22.